The first-order valence-corrected chi connectivity index (χ1v) is 11.2. The van der Waals surface area contributed by atoms with E-state index in [9.17, 15) is 37.5 Å². The molecule has 2 fully saturated rings. The number of anilines is 2. The summed E-state index contributed by atoms with van der Waals surface area (Å²) in [7, 11) is 0. The molecule has 9 nitrogen and oxygen atoms in total. The fourth-order valence-electron chi connectivity index (χ4n) is 4.95. The number of urea groups is 1. The predicted octanol–water partition coefficient (Wildman–Crippen LogP) is 2.49. The van der Waals surface area contributed by atoms with Crippen molar-refractivity contribution in [2.45, 2.75) is 37.6 Å². The molecule has 0 radical (unpaired) electrons. The molecule has 3 aliphatic rings. The highest BCUT2D eigenvalue weighted by molar-refractivity contribution is 6.08. The number of hydrogen-bond donors (Lipinski definition) is 1. The van der Waals surface area contributed by atoms with Crippen molar-refractivity contribution in [3.63, 3.8) is 0 Å². The summed E-state index contributed by atoms with van der Waals surface area (Å²) in [5.74, 6) is -1.68. The Labute approximate surface area is 203 Å². The van der Waals surface area contributed by atoms with Crippen LogP contribution in [0.2, 0.25) is 0 Å². The molecule has 0 aliphatic carbocycles. The second-order valence-corrected chi connectivity index (χ2v) is 8.79. The molecule has 2 saturated heterocycles. The number of fused-ring (bicyclic) bond motifs is 1. The number of aliphatic hydroxyl groups is 1. The fraction of sp³-hybridized carbons (Fsp3) is 0.333. The van der Waals surface area contributed by atoms with E-state index in [2.05, 4.69) is 0 Å². The maximum absolute atomic E-state index is 13.9. The zero-order valence-corrected chi connectivity index (χ0v) is 18.8. The Morgan fingerprint density at radius 2 is 1.69 bits per heavy atom. The Morgan fingerprint density at radius 3 is 2.36 bits per heavy atom. The van der Waals surface area contributed by atoms with Crippen LogP contribution >= 0.6 is 0 Å². The highest BCUT2D eigenvalue weighted by Gasteiger charge is 2.53. The third-order valence-electron chi connectivity index (χ3n) is 6.75. The normalized spacial score (nSPS) is 22.7. The molecule has 0 spiro atoms. The highest BCUT2D eigenvalue weighted by atomic mass is 19.4. The van der Waals surface area contributed by atoms with E-state index in [-0.39, 0.29) is 36.3 Å². The number of halogens is 3. The van der Waals surface area contributed by atoms with Gasteiger partial charge in [-0.1, -0.05) is 18.2 Å². The maximum atomic E-state index is 13.9. The first-order chi connectivity index (χ1) is 17.1. The molecule has 2 aromatic carbocycles. The molecular weight excluding hydrogens is 481 g/mol. The van der Waals surface area contributed by atoms with E-state index >= 15 is 0 Å². The number of imide groups is 1. The minimum absolute atomic E-state index is 0.0149. The molecule has 188 valence electrons. The number of carbonyl (C=O) groups is 4. The zero-order chi connectivity index (χ0) is 25.8. The van der Waals surface area contributed by atoms with Crippen LogP contribution in [0.3, 0.4) is 0 Å². The lowest BCUT2D eigenvalue weighted by atomic mass is 10.0. The lowest BCUT2D eigenvalue weighted by molar-refractivity contribution is -0.156. The van der Waals surface area contributed by atoms with E-state index in [4.69, 9.17) is 0 Å². The molecule has 5 rings (SSSR count). The van der Waals surface area contributed by atoms with Crippen LogP contribution in [0.5, 0.6) is 0 Å². The first kappa shape index (κ1) is 23.8. The van der Waals surface area contributed by atoms with Crippen molar-refractivity contribution < 1.29 is 37.5 Å². The molecule has 2 aromatic rings. The molecule has 0 saturated carbocycles. The number of nitrogens with zero attached hydrogens (tertiary/aromatic N) is 4. The summed E-state index contributed by atoms with van der Waals surface area (Å²) >= 11 is 0. The summed E-state index contributed by atoms with van der Waals surface area (Å²) in [6, 6.07) is 8.07. The number of hydrogen-bond acceptors (Lipinski definition) is 5. The van der Waals surface area contributed by atoms with Gasteiger partial charge in [-0.25, -0.2) is 4.79 Å². The van der Waals surface area contributed by atoms with Gasteiger partial charge in [0.1, 0.15) is 12.8 Å². The maximum Gasteiger partial charge on any atom is 0.411 e. The van der Waals surface area contributed by atoms with Gasteiger partial charge in [0.15, 0.2) is 6.04 Å². The third-order valence-corrected chi connectivity index (χ3v) is 6.75. The number of benzene rings is 2. The molecule has 0 bridgehead atoms. The Balaban J connectivity index is 1.43. The van der Waals surface area contributed by atoms with Gasteiger partial charge in [-0.15, -0.1) is 0 Å². The van der Waals surface area contributed by atoms with Crippen molar-refractivity contribution >= 4 is 35.1 Å². The summed E-state index contributed by atoms with van der Waals surface area (Å²) in [5.41, 5.74) is 1.03. The average Bonchev–Trinajstić information content (AvgIpc) is 3.37. The van der Waals surface area contributed by atoms with E-state index in [0.29, 0.717) is 15.4 Å². The summed E-state index contributed by atoms with van der Waals surface area (Å²) in [4.78, 5) is 54.4. The van der Waals surface area contributed by atoms with E-state index in [0.717, 1.165) is 4.90 Å². The Hall–Kier alpha value is -3.93. The van der Waals surface area contributed by atoms with Crippen molar-refractivity contribution in [2.24, 2.45) is 0 Å². The standard InChI is InChI=1S/C24H21F3N4O5/c25-24(26,27)19-12-28(23(36)31(19)15-4-2-1-3-5-15)16-6-7-17-14(10-16)11-29(21(17)34)18-8-9-20(33)30(13-32)22(18)35/h1-7,10,18-19,32H,8-9,11-13H2/t18?,19-/m1/s1. The average molecular weight is 502 g/mol. The van der Waals surface area contributed by atoms with Crippen LogP contribution in [0, 0.1) is 0 Å². The molecule has 0 aromatic heterocycles. The van der Waals surface area contributed by atoms with Crippen LogP contribution in [-0.2, 0) is 16.1 Å². The number of aliphatic hydroxyl groups excluding tert-OH is 1. The van der Waals surface area contributed by atoms with Crippen LogP contribution in [-0.4, -0.2) is 70.2 Å². The minimum atomic E-state index is -4.67. The lowest BCUT2D eigenvalue weighted by Gasteiger charge is -2.34. The van der Waals surface area contributed by atoms with Crippen LogP contribution in [0.25, 0.3) is 0 Å². The molecule has 1 unspecified atom stereocenters. The van der Waals surface area contributed by atoms with Gasteiger partial charge < -0.3 is 10.0 Å². The fourth-order valence-corrected chi connectivity index (χ4v) is 4.95. The van der Waals surface area contributed by atoms with Crippen LogP contribution in [0.4, 0.5) is 29.3 Å². The van der Waals surface area contributed by atoms with Gasteiger partial charge in [-0.05, 0) is 42.3 Å². The van der Waals surface area contributed by atoms with Crippen molar-refractivity contribution in [3.05, 3.63) is 59.7 Å². The Kier molecular flexibility index (Phi) is 5.70. The predicted molar refractivity (Wildman–Crippen MR) is 120 cm³/mol. The van der Waals surface area contributed by atoms with Crippen LogP contribution in [0.15, 0.2) is 48.5 Å². The van der Waals surface area contributed by atoms with Crippen LogP contribution < -0.4 is 9.80 Å². The van der Waals surface area contributed by atoms with Crippen molar-refractivity contribution in [3.8, 4) is 0 Å². The summed E-state index contributed by atoms with van der Waals surface area (Å²) in [5, 5.41) is 9.36. The second-order valence-electron chi connectivity index (χ2n) is 8.79. The van der Waals surface area contributed by atoms with Gasteiger partial charge in [0, 0.05) is 29.9 Å². The Bertz CT molecular complexity index is 1250. The quantitative estimate of drug-likeness (QED) is 0.648. The van der Waals surface area contributed by atoms with Gasteiger partial charge in [0.05, 0.1) is 6.54 Å². The molecule has 12 heteroatoms. The number of piperidine rings is 1. The minimum Gasteiger partial charge on any atom is -0.376 e. The molecule has 36 heavy (non-hydrogen) atoms. The smallest absolute Gasteiger partial charge is 0.376 e. The second kappa shape index (κ2) is 8.63. The van der Waals surface area contributed by atoms with E-state index < -0.39 is 55.3 Å². The number of alkyl halides is 3. The van der Waals surface area contributed by atoms with Gasteiger partial charge >= 0.3 is 12.2 Å². The molecular formula is C24H21F3N4O5. The highest BCUT2D eigenvalue weighted by Crippen LogP contribution is 2.38. The van der Waals surface area contributed by atoms with Gasteiger partial charge in [0.2, 0.25) is 5.91 Å². The summed E-state index contributed by atoms with van der Waals surface area (Å²) in [6.45, 7) is -1.43. The molecule has 3 aliphatic heterocycles. The van der Waals surface area contributed by atoms with E-state index in [1.165, 1.54) is 35.2 Å². The van der Waals surface area contributed by atoms with Crippen LogP contribution in [0.1, 0.15) is 28.8 Å². The lowest BCUT2D eigenvalue weighted by Crippen LogP contribution is -2.54. The largest absolute Gasteiger partial charge is 0.411 e. The SMILES string of the molecule is O=C1CCC(N2Cc3cc(N4C[C@H](C(F)(F)F)N(c5ccccc5)C4=O)ccc3C2=O)C(=O)N1CO. The number of amides is 5. The number of rotatable bonds is 4. The molecule has 5 amide bonds. The third kappa shape index (κ3) is 3.77. The Morgan fingerprint density at radius 1 is 0.972 bits per heavy atom. The van der Waals surface area contributed by atoms with Crippen molar-refractivity contribution in [1.82, 2.24) is 9.80 Å². The molecule has 1 N–H and O–H groups in total. The van der Waals surface area contributed by atoms with Crippen molar-refractivity contribution in [2.75, 3.05) is 23.1 Å². The monoisotopic (exact) mass is 502 g/mol. The van der Waals surface area contributed by atoms with Crippen molar-refractivity contribution in [1.29, 1.82) is 0 Å². The van der Waals surface area contributed by atoms with Gasteiger partial charge in [-0.2, -0.15) is 13.2 Å². The zero-order valence-electron chi connectivity index (χ0n) is 18.8. The topological polar surface area (TPSA) is 101 Å². The summed E-state index contributed by atoms with van der Waals surface area (Å²) < 4.78 is 41.6. The van der Waals surface area contributed by atoms with Gasteiger partial charge in [0.25, 0.3) is 11.8 Å². The van der Waals surface area contributed by atoms with E-state index in [1.54, 1.807) is 18.2 Å². The summed E-state index contributed by atoms with van der Waals surface area (Å²) in [6.07, 6.45) is -4.58. The van der Waals surface area contributed by atoms with Gasteiger partial charge in [-0.3, -0.25) is 29.1 Å². The number of para-hydroxylation sites is 1. The van der Waals surface area contributed by atoms with E-state index in [1.807, 2.05) is 0 Å². The number of carbonyl (C=O) groups excluding carboxylic acids is 4. The first-order valence-electron chi connectivity index (χ1n) is 11.2. The number of likely N-dealkylation sites (tertiary alicyclic amines) is 1. The molecule has 3 heterocycles. The molecule has 2 atom stereocenters.